The summed E-state index contributed by atoms with van der Waals surface area (Å²) >= 11 is 0. The molecule has 0 bridgehead atoms. The van der Waals surface area contributed by atoms with Gasteiger partial charge in [-0.05, 0) is 63.2 Å². The zero-order valence-electron chi connectivity index (χ0n) is 24.8. The first kappa shape index (κ1) is 29.5. The lowest BCUT2D eigenvalue weighted by Gasteiger charge is -2.22. The minimum atomic E-state index is -0.716. The summed E-state index contributed by atoms with van der Waals surface area (Å²) in [7, 11) is 1.60. The number of hydrazone groups is 1. The molecule has 0 fully saturated rings. The smallest absolute Gasteiger partial charge is 0.325 e. The molecule has 4 aromatic rings. The van der Waals surface area contributed by atoms with E-state index >= 15 is 0 Å². The van der Waals surface area contributed by atoms with Gasteiger partial charge in [-0.3, -0.25) is 14.4 Å². The van der Waals surface area contributed by atoms with Crippen LogP contribution in [0.5, 0.6) is 5.75 Å². The lowest BCUT2D eigenvalue weighted by atomic mass is 9.87. The van der Waals surface area contributed by atoms with Crippen molar-refractivity contribution in [3.05, 3.63) is 113 Å². The number of hydrogen-bond acceptors (Lipinski definition) is 6. The van der Waals surface area contributed by atoms with Gasteiger partial charge >= 0.3 is 5.97 Å². The summed E-state index contributed by atoms with van der Waals surface area (Å²) in [5.41, 5.74) is 4.06. The Kier molecular flexibility index (Phi) is 8.57. The number of nitrogens with one attached hydrogen (secondary N) is 1. The van der Waals surface area contributed by atoms with Crippen molar-refractivity contribution >= 4 is 34.3 Å². The maximum Gasteiger partial charge on any atom is 0.325 e. The first-order valence-electron chi connectivity index (χ1n) is 14.2. The Labute approximate surface area is 251 Å². The maximum atomic E-state index is 13.3. The van der Waals surface area contributed by atoms with Gasteiger partial charge in [-0.25, -0.2) is 5.01 Å². The van der Waals surface area contributed by atoms with Gasteiger partial charge in [0.05, 0.1) is 18.9 Å². The fraction of sp³-hybridized carbons (Fsp3) is 0.257. The molecular weight excluding hydrogens is 542 g/mol. The van der Waals surface area contributed by atoms with E-state index in [2.05, 4.69) is 37.3 Å². The zero-order chi connectivity index (χ0) is 30.6. The molecule has 0 aliphatic carbocycles. The molecule has 43 heavy (non-hydrogen) atoms. The van der Waals surface area contributed by atoms with Crippen LogP contribution in [0.2, 0.25) is 0 Å². The monoisotopic (exact) mass is 577 g/mol. The fourth-order valence-corrected chi connectivity index (χ4v) is 5.00. The van der Waals surface area contributed by atoms with E-state index in [9.17, 15) is 14.4 Å². The van der Waals surface area contributed by atoms with Crippen LogP contribution >= 0.6 is 0 Å². The number of benzene rings is 4. The van der Waals surface area contributed by atoms with Gasteiger partial charge in [0, 0.05) is 12.0 Å². The average Bonchev–Trinajstić information content (AvgIpc) is 3.47. The molecule has 0 spiro atoms. The summed E-state index contributed by atoms with van der Waals surface area (Å²) in [6.45, 7) is 5.42. The number of rotatable bonds is 8. The summed E-state index contributed by atoms with van der Waals surface area (Å²) in [6.07, 6.45) is 0.494. The molecule has 1 atom stereocenters. The predicted molar refractivity (Wildman–Crippen MR) is 166 cm³/mol. The summed E-state index contributed by atoms with van der Waals surface area (Å²) in [5.74, 6) is -0.870. The van der Waals surface area contributed by atoms with Crippen molar-refractivity contribution < 1.29 is 23.9 Å². The van der Waals surface area contributed by atoms with Crippen molar-refractivity contribution in [2.24, 2.45) is 5.10 Å². The van der Waals surface area contributed by atoms with E-state index in [-0.39, 0.29) is 18.0 Å². The van der Waals surface area contributed by atoms with Gasteiger partial charge in [0.1, 0.15) is 12.3 Å². The van der Waals surface area contributed by atoms with Crippen molar-refractivity contribution in [1.82, 2.24) is 10.3 Å². The van der Waals surface area contributed by atoms with Crippen LogP contribution in [0, 0.1) is 0 Å². The summed E-state index contributed by atoms with van der Waals surface area (Å²) < 4.78 is 10.5. The molecular formula is C35H35N3O5. The zero-order valence-corrected chi connectivity index (χ0v) is 24.8. The first-order chi connectivity index (χ1) is 20.6. The van der Waals surface area contributed by atoms with Crippen LogP contribution in [-0.2, 0) is 19.7 Å². The fourth-order valence-electron chi connectivity index (χ4n) is 5.00. The number of nitrogens with zero attached hydrogens (tertiary/aromatic N) is 2. The summed E-state index contributed by atoms with van der Waals surface area (Å²) in [6, 6.07) is 28.5. The van der Waals surface area contributed by atoms with Crippen molar-refractivity contribution in [3.8, 4) is 5.75 Å². The summed E-state index contributed by atoms with van der Waals surface area (Å²) in [5, 5.41) is 10.8. The molecule has 8 nitrogen and oxygen atoms in total. The number of carbonyl (C=O) groups excluding carboxylic acids is 3. The Bertz CT molecular complexity index is 1670. The third-order valence-electron chi connectivity index (χ3n) is 7.51. The number of amides is 2. The van der Waals surface area contributed by atoms with Crippen LogP contribution in [-0.4, -0.2) is 48.8 Å². The van der Waals surface area contributed by atoms with Crippen LogP contribution in [0.3, 0.4) is 0 Å². The van der Waals surface area contributed by atoms with Crippen LogP contribution < -0.4 is 10.1 Å². The number of esters is 1. The van der Waals surface area contributed by atoms with Gasteiger partial charge in [-0.2, -0.15) is 5.10 Å². The average molecular weight is 578 g/mol. The molecule has 0 aromatic heterocycles. The highest BCUT2D eigenvalue weighted by Gasteiger charge is 2.33. The number of fused-ring (bicyclic) bond motifs is 1. The molecule has 0 saturated carbocycles. The van der Waals surface area contributed by atoms with E-state index in [1.807, 2.05) is 72.8 Å². The van der Waals surface area contributed by atoms with Gasteiger partial charge in [-0.1, -0.05) is 81.4 Å². The largest absolute Gasteiger partial charge is 0.497 e. The second-order valence-corrected chi connectivity index (χ2v) is 11.5. The minimum absolute atomic E-state index is 0.0344. The number of hydrogen-bond donors (Lipinski definition) is 1. The summed E-state index contributed by atoms with van der Waals surface area (Å²) in [4.78, 5) is 38.3. The highest BCUT2D eigenvalue weighted by molar-refractivity contribution is 6.05. The standard InChI is InChI=1S/C35H35N3O5/c1-35(2,3)28-15-11-25(12-16-28)34(41)36-21-33(40)43-22-32(39)38-31(24-13-17-29(42-4)18-14-24)20-30(37-38)27-10-9-23-7-5-6-8-26(23)19-27/h5-19,31H,20-22H2,1-4H3,(H,36,41)/t31-/m1/s1. The third kappa shape index (κ3) is 6.92. The molecule has 1 heterocycles. The van der Waals surface area contributed by atoms with Gasteiger partial charge < -0.3 is 14.8 Å². The Morgan fingerprint density at radius 1 is 0.907 bits per heavy atom. The molecule has 0 radical (unpaired) electrons. The molecule has 4 aromatic carbocycles. The number of carbonyl (C=O) groups is 3. The molecule has 0 saturated heterocycles. The topological polar surface area (TPSA) is 97.3 Å². The van der Waals surface area contributed by atoms with Crippen molar-refractivity contribution in [2.45, 2.75) is 38.6 Å². The molecule has 5 rings (SSSR count). The highest BCUT2D eigenvalue weighted by atomic mass is 16.5. The molecule has 8 heteroatoms. The lowest BCUT2D eigenvalue weighted by Crippen LogP contribution is -2.34. The molecule has 1 aliphatic rings. The Morgan fingerprint density at radius 3 is 2.28 bits per heavy atom. The van der Waals surface area contributed by atoms with E-state index in [0.717, 1.165) is 33.2 Å². The van der Waals surface area contributed by atoms with Gasteiger partial charge in [0.2, 0.25) is 0 Å². The van der Waals surface area contributed by atoms with Crippen LogP contribution in [0.15, 0.2) is 96.1 Å². The van der Waals surface area contributed by atoms with Crippen molar-refractivity contribution in [1.29, 1.82) is 0 Å². The molecule has 220 valence electrons. The second-order valence-electron chi connectivity index (χ2n) is 11.5. The van der Waals surface area contributed by atoms with Crippen molar-refractivity contribution in [3.63, 3.8) is 0 Å². The van der Waals surface area contributed by atoms with E-state index < -0.39 is 24.4 Å². The SMILES string of the molecule is COc1ccc([C@H]2CC(c3ccc4ccccc4c3)=NN2C(=O)COC(=O)CNC(=O)c2ccc(C(C)(C)C)cc2)cc1. The Morgan fingerprint density at radius 2 is 1.60 bits per heavy atom. The maximum absolute atomic E-state index is 13.3. The van der Waals surface area contributed by atoms with Crippen molar-refractivity contribution in [2.75, 3.05) is 20.3 Å². The lowest BCUT2D eigenvalue weighted by molar-refractivity contribution is -0.152. The van der Waals surface area contributed by atoms with E-state index in [1.165, 1.54) is 5.01 Å². The Hall–Kier alpha value is -4.98. The number of ether oxygens (including phenoxy) is 2. The van der Waals surface area contributed by atoms with E-state index in [0.29, 0.717) is 17.7 Å². The van der Waals surface area contributed by atoms with E-state index in [4.69, 9.17) is 9.47 Å². The van der Waals surface area contributed by atoms with Gasteiger partial charge in [0.25, 0.3) is 11.8 Å². The molecule has 0 unspecified atom stereocenters. The second kappa shape index (κ2) is 12.5. The van der Waals surface area contributed by atoms with Crippen LogP contribution in [0.25, 0.3) is 10.8 Å². The van der Waals surface area contributed by atoms with E-state index in [1.54, 1.807) is 19.2 Å². The highest BCUT2D eigenvalue weighted by Crippen LogP contribution is 2.34. The van der Waals surface area contributed by atoms with Gasteiger partial charge in [-0.15, -0.1) is 0 Å². The number of methoxy groups -OCH3 is 1. The molecule has 1 aliphatic heterocycles. The van der Waals surface area contributed by atoms with Crippen LogP contribution in [0.1, 0.15) is 60.3 Å². The minimum Gasteiger partial charge on any atom is -0.497 e. The van der Waals surface area contributed by atoms with Gasteiger partial charge in [0.15, 0.2) is 6.61 Å². The Balaban J connectivity index is 1.25. The predicted octanol–water partition coefficient (Wildman–Crippen LogP) is 5.80. The third-order valence-corrected chi connectivity index (χ3v) is 7.51. The molecule has 2 amide bonds. The quantitative estimate of drug-likeness (QED) is 0.267. The molecule has 1 N–H and O–H groups in total. The van der Waals surface area contributed by atoms with Crippen LogP contribution in [0.4, 0.5) is 0 Å². The normalized spacial score (nSPS) is 14.7. The first-order valence-corrected chi connectivity index (χ1v) is 14.2.